The van der Waals surface area contributed by atoms with Crippen molar-refractivity contribution in [3.63, 3.8) is 0 Å². The molecule has 1 aromatic rings. The number of rotatable bonds is 3. The second kappa shape index (κ2) is 4.37. The van der Waals surface area contributed by atoms with Crippen molar-refractivity contribution in [2.24, 2.45) is 0 Å². The van der Waals surface area contributed by atoms with Crippen molar-refractivity contribution in [3.8, 4) is 0 Å². The van der Waals surface area contributed by atoms with Gasteiger partial charge < -0.3 is 5.11 Å². The van der Waals surface area contributed by atoms with E-state index in [4.69, 9.17) is 16.7 Å². The summed E-state index contributed by atoms with van der Waals surface area (Å²) in [6, 6.07) is 0. The van der Waals surface area contributed by atoms with E-state index in [2.05, 4.69) is 9.97 Å². The lowest BCUT2D eigenvalue weighted by molar-refractivity contribution is 0.0696. The van der Waals surface area contributed by atoms with Gasteiger partial charge >= 0.3 is 5.97 Å². The summed E-state index contributed by atoms with van der Waals surface area (Å²) in [6.45, 7) is 3.97. The first-order valence-electron chi connectivity index (χ1n) is 4.32. The lowest BCUT2D eigenvalue weighted by Crippen LogP contribution is -2.05. The quantitative estimate of drug-likeness (QED) is 0.785. The molecule has 0 bridgehead atoms. The molecular formula is C9H11ClN2O2. The smallest absolute Gasteiger partial charge is 0.340 e. The van der Waals surface area contributed by atoms with Gasteiger partial charge in [-0.2, -0.15) is 0 Å². The zero-order chi connectivity index (χ0) is 10.7. The Kier molecular flexibility index (Phi) is 3.41. The molecule has 4 nitrogen and oxygen atoms in total. The van der Waals surface area contributed by atoms with Crippen molar-refractivity contribution in [3.05, 3.63) is 22.7 Å². The van der Waals surface area contributed by atoms with E-state index in [0.717, 1.165) is 6.42 Å². The fraction of sp³-hybridized carbons (Fsp3) is 0.444. The van der Waals surface area contributed by atoms with Gasteiger partial charge in [0.1, 0.15) is 16.5 Å². The number of carboxylic acids is 1. The van der Waals surface area contributed by atoms with E-state index >= 15 is 0 Å². The zero-order valence-electron chi connectivity index (χ0n) is 7.99. The van der Waals surface area contributed by atoms with Crippen LogP contribution in [0, 0.1) is 0 Å². The van der Waals surface area contributed by atoms with E-state index < -0.39 is 5.97 Å². The molecule has 0 saturated heterocycles. The third-order valence-electron chi connectivity index (χ3n) is 2.04. The fourth-order valence-corrected chi connectivity index (χ4v) is 1.15. The third kappa shape index (κ3) is 2.20. The van der Waals surface area contributed by atoms with E-state index in [1.54, 1.807) is 0 Å². The summed E-state index contributed by atoms with van der Waals surface area (Å²) in [5.41, 5.74) is -0.0567. The highest BCUT2D eigenvalue weighted by Crippen LogP contribution is 2.18. The predicted molar refractivity (Wildman–Crippen MR) is 52.7 cm³/mol. The molecule has 1 atom stereocenters. The Morgan fingerprint density at radius 3 is 2.79 bits per heavy atom. The maximum Gasteiger partial charge on any atom is 0.340 e. The molecule has 0 aliphatic heterocycles. The fourth-order valence-electron chi connectivity index (χ4n) is 0.937. The Bertz CT molecular complexity index is 355. The van der Waals surface area contributed by atoms with Crippen LogP contribution >= 0.6 is 11.6 Å². The molecule has 1 N–H and O–H groups in total. The Balaban J connectivity index is 3.06. The molecule has 1 rings (SSSR count). The van der Waals surface area contributed by atoms with Gasteiger partial charge in [0.25, 0.3) is 0 Å². The monoisotopic (exact) mass is 214 g/mol. The number of hydrogen-bond acceptors (Lipinski definition) is 3. The lowest BCUT2D eigenvalue weighted by atomic mass is 10.1. The summed E-state index contributed by atoms with van der Waals surface area (Å²) >= 11 is 5.69. The summed E-state index contributed by atoms with van der Waals surface area (Å²) in [4.78, 5) is 18.5. The molecule has 1 aromatic heterocycles. The van der Waals surface area contributed by atoms with Gasteiger partial charge in [-0.15, -0.1) is 0 Å². The summed E-state index contributed by atoms with van der Waals surface area (Å²) in [7, 11) is 0. The molecule has 0 saturated carbocycles. The van der Waals surface area contributed by atoms with Crippen molar-refractivity contribution >= 4 is 17.6 Å². The number of aromatic nitrogens is 2. The molecule has 0 radical (unpaired) electrons. The molecule has 0 aliphatic carbocycles. The van der Waals surface area contributed by atoms with E-state index in [1.165, 1.54) is 6.20 Å². The van der Waals surface area contributed by atoms with E-state index in [9.17, 15) is 4.79 Å². The average molecular weight is 215 g/mol. The Morgan fingerprint density at radius 2 is 2.36 bits per heavy atom. The molecule has 0 fully saturated rings. The number of carbonyl (C=O) groups is 1. The topological polar surface area (TPSA) is 63.1 Å². The standard InChI is InChI=1S/C9H11ClN2O2/c1-3-5(2)8-11-4-6(9(13)14)7(10)12-8/h4-5H,3H2,1-2H3,(H,13,14). The van der Waals surface area contributed by atoms with Gasteiger partial charge in [0, 0.05) is 12.1 Å². The molecule has 0 amide bonds. The Labute approximate surface area is 87.0 Å². The summed E-state index contributed by atoms with van der Waals surface area (Å²) < 4.78 is 0. The predicted octanol–water partition coefficient (Wildman–Crippen LogP) is 2.34. The molecule has 0 aliphatic rings. The summed E-state index contributed by atoms with van der Waals surface area (Å²) in [5.74, 6) is -0.330. The average Bonchev–Trinajstić information content (AvgIpc) is 2.15. The molecule has 0 aromatic carbocycles. The van der Waals surface area contributed by atoms with Crippen LogP contribution < -0.4 is 0 Å². The van der Waals surface area contributed by atoms with Crippen molar-refractivity contribution in [2.45, 2.75) is 26.2 Å². The minimum atomic E-state index is -1.11. The van der Waals surface area contributed by atoms with Crippen molar-refractivity contribution < 1.29 is 9.90 Å². The van der Waals surface area contributed by atoms with E-state index in [0.29, 0.717) is 5.82 Å². The molecule has 1 heterocycles. The SMILES string of the molecule is CCC(C)c1ncc(C(=O)O)c(Cl)n1. The van der Waals surface area contributed by atoms with Crippen molar-refractivity contribution in [1.29, 1.82) is 0 Å². The minimum Gasteiger partial charge on any atom is -0.478 e. The van der Waals surface area contributed by atoms with Crippen LogP contribution in [-0.2, 0) is 0 Å². The van der Waals surface area contributed by atoms with Crippen LogP contribution in [0.5, 0.6) is 0 Å². The van der Waals surface area contributed by atoms with Gasteiger partial charge in [0.15, 0.2) is 0 Å². The lowest BCUT2D eigenvalue weighted by Gasteiger charge is -2.07. The highest BCUT2D eigenvalue weighted by molar-refractivity contribution is 6.32. The van der Waals surface area contributed by atoms with Crippen molar-refractivity contribution in [2.75, 3.05) is 0 Å². The largest absolute Gasteiger partial charge is 0.478 e. The Morgan fingerprint density at radius 1 is 1.71 bits per heavy atom. The number of halogens is 1. The van der Waals surface area contributed by atoms with Gasteiger partial charge in [-0.25, -0.2) is 14.8 Å². The van der Waals surface area contributed by atoms with E-state index in [-0.39, 0.29) is 16.6 Å². The van der Waals surface area contributed by atoms with Crippen LogP contribution in [0.4, 0.5) is 0 Å². The van der Waals surface area contributed by atoms with Gasteiger partial charge in [0.05, 0.1) is 0 Å². The number of nitrogens with zero attached hydrogens (tertiary/aromatic N) is 2. The molecule has 76 valence electrons. The molecule has 5 heteroatoms. The van der Waals surface area contributed by atoms with Gasteiger partial charge in [-0.1, -0.05) is 25.4 Å². The second-order valence-corrected chi connectivity index (χ2v) is 3.41. The second-order valence-electron chi connectivity index (χ2n) is 3.05. The van der Waals surface area contributed by atoms with Crippen LogP contribution in [0.25, 0.3) is 0 Å². The van der Waals surface area contributed by atoms with Crippen LogP contribution in [-0.4, -0.2) is 21.0 Å². The van der Waals surface area contributed by atoms with Crippen molar-refractivity contribution in [1.82, 2.24) is 9.97 Å². The first-order valence-corrected chi connectivity index (χ1v) is 4.69. The maximum atomic E-state index is 10.6. The summed E-state index contributed by atoms with van der Waals surface area (Å²) in [5, 5.41) is 8.69. The number of carboxylic acid groups (broad SMARTS) is 1. The van der Waals surface area contributed by atoms with Crippen LogP contribution in [0.15, 0.2) is 6.20 Å². The number of hydrogen-bond donors (Lipinski definition) is 1. The molecule has 14 heavy (non-hydrogen) atoms. The molecule has 0 spiro atoms. The van der Waals surface area contributed by atoms with Gasteiger partial charge in [-0.05, 0) is 6.42 Å². The highest BCUT2D eigenvalue weighted by atomic mass is 35.5. The summed E-state index contributed by atoms with van der Waals surface area (Å²) in [6.07, 6.45) is 2.14. The normalized spacial score (nSPS) is 12.5. The van der Waals surface area contributed by atoms with Crippen LogP contribution in [0.3, 0.4) is 0 Å². The van der Waals surface area contributed by atoms with Gasteiger partial charge in [-0.3, -0.25) is 0 Å². The minimum absolute atomic E-state index is 0.00259. The molecule has 1 unspecified atom stereocenters. The Hall–Kier alpha value is -1.16. The van der Waals surface area contributed by atoms with Crippen LogP contribution in [0.2, 0.25) is 5.15 Å². The zero-order valence-corrected chi connectivity index (χ0v) is 8.75. The highest BCUT2D eigenvalue weighted by Gasteiger charge is 2.13. The first kappa shape index (κ1) is 10.9. The number of aromatic carboxylic acids is 1. The third-order valence-corrected chi connectivity index (χ3v) is 2.33. The first-order chi connectivity index (χ1) is 6.56. The van der Waals surface area contributed by atoms with Gasteiger partial charge in [0.2, 0.25) is 0 Å². The van der Waals surface area contributed by atoms with E-state index in [1.807, 2.05) is 13.8 Å². The maximum absolute atomic E-state index is 10.6. The van der Waals surface area contributed by atoms with Crippen LogP contribution in [0.1, 0.15) is 42.4 Å². The molecular weight excluding hydrogens is 204 g/mol.